The van der Waals surface area contributed by atoms with Gasteiger partial charge in [-0.2, -0.15) is 0 Å². The summed E-state index contributed by atoms with van der Waals surface area (Å²) >= 11 is 0. The van der Waals surface area contributed by atoms with Gasteiger partial charge in [-0.15, -0.1) is 0 Å². The summed E-state index contributed by atoms with van der Waals surface area (Å²) in [5, 5.41) is 0. The van der Waals surface area contributed by atoms with Crippen molar-refractivity contribution >= 4 is 5.97 Å². The highest BCUT2D eigenvalue weighted by Gasteiger charge is 2.07. The Bertz CT molecular complexity index is 661. The molecule has 260 valence electrons. The second-order valence-electron chi connectivity index (χ2n) is 14.8. The van der Waals surface area contributed by atoms with Crippen LogP contribution in [0.2, 0.25) is 0 Å². The number of hydrogen-bond donors (Lipinski definition) is 0. The van der Waals surface area contributed by atoms with E-state index in [1.165, 1.54) is 153 Å². The Morgan fingerprint density at radius 3 is 1.52 bits per heavy atom. The van der Waals surface area contributed by atoms with Gasteiger partial charge in [-0.25, -0.2) is 0 Å². The second kappa shape index (κ2) is 33.3. The molecule has 0 aromatic heterocycles. The molecule has 0 aliphatic carbocycles. The number of ether oxygens (including phenoxy) is 1. The van der Waals surface area contributed by atoms with Crippen molar-refractivity contribution in [2.75, 3.05) is 6.61 Å². The molecule has 0 amide bonds. The average molecular weight is 617 g/mol. The first-order valence-corrected chi connectivity index (χ1v) is 19.8. The number of allylic oxidation sites excluding steroid dienone is 3. The molecular weight excluding hydrogens is 536 g/mol. The molecule has 2 nitrogen and oxygen atoms in total. The monoisotopic (exact) mass is 617 g/mol. The zero-order chi connectivity index (χ0) is 32.5. The fourth-order valence-electron chi connectivity index (χ4n) is 6.21. The number of unbranched alkanes of at least 4 members (excludes halogenated alkanes) is 15. The largest absolute Gasteiger partial charge is 0.461 e. The van der Waals surface area contributed by atoms with Gasteiger partial charge in [0, 0.05) is 6.42 Å². The van der Waals surface area contributed by atoms with Gasteiger partial charge in [0.1, 0.15) is 6.61 Å². The molecule has 44 heavy (non-hydrogen) atoms. The molecule has 0 saturated carbocycles. The maximum Gasteiger partial charge on any atom is 0.306 e. The minimum Gasteiger partial charge on any atom is -0.461 e. The van der Waals surface area contributed by atoms with E-state index in [0.29, 0.717) is 13.0 Å². The van der Waals surface area contributed by atoms with Crippen molar-refractivity contribution in [3.8, 4) is 0 Å². The van der Waals surface area contributed by atoms with E-state index in [9.17, 15) is 4.79 Å². The van der Waals surface area contributed by atoms with Crippen LogP contribution in [0.15, 0.2) is 23.8 Å². The zero-order valence-electron chi connectivity index (χ0n) is 31.1. The fourth-order valence-corrected chi connectivity index (χ4v) is 6.21. The smallest absolute Gasteiger partial charge is 0.306 e. The highest BCUT2D eigenvalue weighted by atomic mass is 16.5. The summed E-state index contributed by atoms with van der Waals surface area (Å²) in [6, 6.07) is 0. The number of rotatable bonds is 33. The zero-order valence-corrected chi connectivity index (χ0v) is 31.1. The van der Waals surface area contributed by atoms with Gasteiger partial charge in [0.05, 0.1) is 0 Å². The van der Waals surface area contributed by atoms with E-state index in [1.54, 1.807) is 0 Å². The van der Waals surface area contributed by atoms with Crippen molar-refractivity contribution in [1.29, 1.82) is 0 Å². The molecule has 0 aromatic rings. The summed E-state index contributed by atoms with van der Waals surface area (Å²) < 4.78 is 5.47. The van der Waals surface area contributed by atoms with Crippen molar-refractivity contribution in [2.45, 2.75) is 215 Å². The lowest BCUT2D eigenvalue weighted by Gasteiger charge is -2.15. The van der Waals surface area contributed by atoms with Crippen molar-refractivity contribution < 1.29 is 9.53 Å². The summed E-state index contributed by atoms with van der Waals surface area (Å²) in [5.74, 6) is 2.53. The first-order valence-electron chi connectivity index (χ1n) is 19.8. The van der Waals surface area contributed by atoms with E-state index >= 15 is 0 Å². The number of esters is 1. The van der Waals surface area contributed by atoms with Crippen LogP contribution in [0.25, 0.3) is 0 Å². The Morgan fingerprint density at radius 1 is 0.545 bits per heavy atom. The van der Waals surface area contributed by atoms with Crippen molar-refractivity contribution in [3.63, 3.8) is 0 Å². The number of carbonyl (C=O) groups is 1. The molecule has 0 aliphatic rings. The quantitative estimate of drug-likeness (QED) is 0.0416. The van der Waals surface area contributed by atoms with Gasteiger partial charge >= 0.3 is 5.97 Å². The molecule has 0 unspecified atom stereocenters. The SMILES string of the molecule is CCCCCCCC/C=C\CCCCCCCCCCCC(=O)OC/C=C(\C)CCC[C@H](C)CCC[C@H](C)CCCC(C)C. The third kappa shape index (κ3) is 33.8. The lowest BCUT2D eigenvalue weighted by atomic mass is 9.91. The molecule has 0 fully saturated rings. The van der Waals surface area contributed by atoms with E-state index in [-0.39, 0.29) is 5.97 Å². The van der Waals surface area contributed by atoms with Gasteiger partial charge in [0.2, 0.25) is 0 Å². The first-order chi connectivity index (χ1) is 21.3. The van der Waals surface area contributed by atoms with Crippen molar-refractivity contribution in [3.05, 3.63) is 23.8 Å². The molecule has 0 N–H and O–H groups in total. The summed E-state index contributed by atoms with van der Waals surface area (Å²) in [6.07, 6.45) is 41.9. The normalized spacial score (nSPS) is 13.7. The maximum atomic E-state index is 12.1. The van der Waals surface area contributed by atoms with Crippen LogP contribution in [0.3, 0.4) is 0 Å². The summed E-state index contributed by atoms with van der Waals surface area (Å²) in [7, 11) is 0. The average Bonchev–Trinajstić information content (AvgIpc) is 2.98. The maximum absolute atomic E-state index is 12.1. The van der Waals surface area contributed by atoms with Crippen LogP contribution in [0, 0.1) is 17.8 Å². The summed E-state index contributed by atoms with van der Waals surface area (Å²) in [4.78, 5) is 12.1. The predicted octanol–water partition coefficient (Wildman–Crippen LogP) is 14.5. The van der Waals surface area contributed by atoms with Gasteiger partial charge < -0.3 is 4.74 Å². The molecule has 2 atom stereocenters. The minimum absolute atomic E-state index is 0.0258. The van der Waals surface area contributed by atoms with Gasteiger partial charge in [0.15, 0.2) is 0 Å². The Morgan fingerprint density at radius 2 is 1.00 bits per heavy atom. The Balaban J connectivity index is 3.50. The fraction of sp³-hybridized carbons (Fsp3) is 0.881. The third-order valence-corrected chi connectivity index (χ3v) is 9.46. The lowest BCUT2D eigenvalue weighted by Crippen LogP contribution is -2.04. The minimum atomic E-state index is -0.0258. The van der Waals surface area contributed by atoms with Gasteiger partial charge in [-0.05, 0) is 75.7 Å². The Kier molecular flexibility index (Phi) is 32.5. The second-order valence-corrected chi connectivity index (χ2v) is 14.8. The Hall–Kier alpha value is -1.05. The van der Waals surface area contributed by atoms with Gasteiger partial charge in [-0.3, -0.25) is 4.79 Å². The van der Waals surface area contributed by atoms with Crippen LogP contribution in [-0.4, -0.2) is 12.6 Å². The summed E-state index contributed by atoms with van der Waals surface area (Å²) in [5.41, 5.74) is 1.36. The van der Waals surface area contributed by atoms with Gasteiger partial charge in [0.25, 0.3) is 0 Å². The number of carbonyl (C=O) groups excluding carboxylic acids is 1. The van der Waals surface area contributed by atoms with Crippen molar-refractivity contribution in [2.24, 2.45) is 17.8 Å². The first kappa shape index (κ1) is 43.0. The molecule has 0 heterocycles. The van der Waals surface area contributed by atoms with Crippen LogP contribution < -0.4 is 0 Å². The Labute approximate surface area is 278 Å². The highest BCUT2D eigenvalue weighted by molar-refractivity contribution is 5.69. The molecule has 0 aliphatic heterocycles. The van der Waals surface area contributed by atoms with Gasteiger partial charge in [-0.1, -0.05) is 174 Å². The highest BCUT2D eigenvalue weighted by Crippen LogP contribution is 2.22. The van der Waals surface area contributed by atoms with Crippen LogP contribution in [-0.2, 0) is 9.53 Å². The van der Waals surface area contributed by atoms with Crippen LogP contribution in [0.1, 0.15) is 215 Å². The standard InChI is InChI=1S/C42H80O2/c1-7-8-9-10-11-12-13-14-15-16-17-18-19-20-21-22-23-24-25-35-42(43)44-37-36-41(6)34-28-33-40(5)32-27-31-39(4)30-26-29-38(2)3/h14-15,36,38-40H,7-13,16-35,37H2,1-6H3/b15-14-,41-36+/t39-,40-/m1/s1. The van der Waals surface area contributed by atoms with E-state index in [4.69, 9.17) is 4.74 Å². The lowest BCUT2D eigenvalue weighted by molar-refractivity contribution is -0.142. The molecule has 2 heteroatoms. The topological polar surface area (TPSA) is 26.3 Å². The van der Waals surface area contributed by atoms with Crippen LogP contribution in [0.4, 0.5) is 0 Å². The molecular formula is C42H80O2. The summed E-state index contributed by atoms with van der Waals surface area (Å²) in [6.45, 7) is 14.4. The van der Waals surface area contributed by atoms with Crippen LogP contribution >= 0.6 is 0 Å². The van der Waals surface area contributed by atoms with Crippen molar-refractivity contribution in [1.82, 2.24) is 0 Å². The van der Waals surface area contributed by atoms with Crippen LogP contribution in [0.5, 0.6) is 0 Å². The molecule has 0 saturated heterocycles. The third-order valence-electron chi connectivity index (χ3n) is 9.46. The van der Waals surface area contributed by atoms with E-state index in [0.717, 1.165) is 37.0 Å². The molecule has 0 aromatic carbocycles. The van der Waals surface area contributed by atoms with E-state index in [2.05, 4.69) is 59.8 Å². The van der Waals surface area contributed by atoms with E-state index < -0.39 is 0 Å². The predicted molar refractivity (Wildman–Crippen MR) is 197 cm³/mol. The number of hydrogen-bond acceptors (Lipinski definition) is 2. The molecule has 0 radical (unpaired) electrons. The molecule has 0 spiro atoms. The molecule has 0 bridgehead atoms. The molecule has 0 rings (SSSR count). The van der Waals surface area contributed by atoms with E-state index in [1.807, 2.05) is 0 Å².